The topological polar surface area (TPSA) is 67.8 Å². The molecule has 3 rings (SSSR count). The van der Waals surface area contributed by atoms with Crippen LogP contribution in [0.2, 0.25) is 15.1 Å². The monoisotopic (exact) mass is 580 g/mol. The molecular formula is C20H13Cl3F6N2O3S. The molecule has 1 aliphatic heterocycles. The Morgan fingerprint density at radius 2 is 1.69 bits per heavy atom. The molecule has 0 aromatic heterocycles. The van der Waals surface area contributed by atoms with Gasteiger partial charge in [-0.05, 0) is 30.3 Å². The van der Waals surface area contributed by atoms with E-state index in [0.717, 1.165) is 12.1 Å². The maximum atomic E-state index is 14.1. The number of oxime groups is 1. The fraction of sp³-hybridized carbons (Fsp3) is 0.300. The summed E-state index contributed by atoms with van der Waals surface area (Å²) in [5.74, 6) is -1.92. The minimum atomic E-state index is -4.92. The van der Waals surface area contributed by atoms with E-state index in [2.05, 4.69) is 5.16 Å². The van der Waals surface area contributed by atoms with Crippen molar-refractivity contribution in [2.45, 2.75) is 29.3 Å². The molecule has 35 heavy (non-hydrogen) atoms. The second-order valence-electron chi connectivity index (χ2n) is 7.32. The van der Waals surface area contributed by atoms with Crippen molar-refractivity contribution in [3.8, 4) is 0 Å². The van der Waals surface area contributed by atoms with Crippen molar-refractivity contribution in [2.24, 2.45) is 5.16 Å². The van der Waals surface area contributed by atoms with Gasteiger partial charge in [0.25, 0.3) is 5.60 Å². The molecule has 0 saturated carbocycles. The van der Waals surface area contributed by atoms with Gasteiger partial charge in [0.2, 0.25) is 5.91 Å². The molecule has 5 nitrogen and oxygen atoms in total. The van der Waals surface area contributed by atoms with Crippen LogP contribution in [0.5, 0.6) is 0 Å². The number of alkyl halides is 6. The van der Waals surface area contributed by atoms with E-state index in [1.165, 1.54) is 24.3 Å². The first kappa shape index (κ1) is 27.6. The highest BCUT2D eigenvalue weighted by Crippen LogP contribution is 2.49. The van der Waals surface area contributed by atoms with Crippen LogP contribution in [0.25, 0.3) is 0 Å². The van der Waals surface area contributed by atoms with Crippen LogP contribution >= 0.6 is 34.8 Å². The van der Waals surface area contributed by atoms with Crippen molar-refractivity contribution in [3.63, 3.8) is 0 Å². The van der Waals surface area contributed by atoms with Crippen molar-refractivity contribution in [3.05, 3.63) is 62.6 Å². The van der Waals surface area contributed by atoms with Gasteiger partial charge in [0.1, 0.15) is 12.3 Å². The molecule has 0 spiro atoms. The molecule has 1 N–H and O–H groups in total. The molecule has 2 unspecified atom stereocenters. The lowest BCUT2D eigenvalue weighted by Crippen LogP contribution is -2.42. The van der Waals surface area contributed by atoms with Crippen molar-refractivity contribution < 1.29 is 40.2 Å². The number of benzene rings is 2. The molecule has 2 aromatic rings. The number of carbonyl (C=O) groups excluding carboxylic acids is 1. The van der Waals surface area contributed by atoms with Crippen LogP contribution < -0.4 is 5.32 Å². The van der Waals surface area contributed by atoms with E-state index in [0.29, 0.717) is 0 Å². The summed E-state index contributed by atoms with van der Waals surface area (Å²) >= 11 is 17.8. The van der Waals surface area contributed by atoms with Crippen LogP contribution in [0.1, 0.15) is 17.5 Å². The van der Waals surface area contributed by atoms with E-state index < -0.39 is 53.4 Å². The molecule has 0 bridgehead atoms. The first-order chi connectivity index (χ1) is 16.1. The predicted octanol–water partition coefficient (Wildman–Crippen LogP) is 6.02. The average molecular weight is 582 g/mol. The maximum Gasteiger partial charge on any atom is 0.435 e. The summed E-state index contributed by atoms with van der Waals surface area (Å²) in [5.41, 5.74) is -3.27. The van der Waals surface area contributed by atoms with Crippen LogP contribution in [0, 0.1) is 0 Å². The lowest BCUT2D eigenvalue weighted by Gasteiger charge is -2.29. The van der Waals surface area contributed by atoms with Crippen LogP contribution in [0.3, 0.4) is 0 Å². The molecule has 2 atom stereocenters. The van der Waals surface area contributed by atoms with Gasteiger partial charge in [-0.2, -0.15) is 26.3 Å². The first-order valence-electron chi connectivity index (χ1n) is 9.41. The Labute approximate surface area is 211 Å². The second kappa shape index (κ2) is 10.2. The summed E-state index contributed by atoms with van der Waals surface area (Å²) in [6.45, 7) is -1.59. The minimum absolute atomic E-state index is 0.0395. The van der Waals surface area contributed by atoms with E-state index in [9.17, 15) is 35.3 Å². The fourth-order valence-corrected chi connectivity index (χ4v) is 5.11. The van der Waals surface area contributed by atoms with Gasteiger partial charge in [-0.3, -0.25) is 9.00 Å². The van der Waals surface area contributed by atoms with Crippen LogP contribution in [-0.2, 0) is 26.0 Å². The highest BCUT2D eigenvalue weighted by Gasteiger charge is 2.62. The smallest absolute Gasteiger partial charge is 0.374 e. The number of nitrogens with zero attached hydrogens (tertiary/aromatic N) is 1. The van der Waals surface area contributed by atoms with Gasteiger partial charge in [-0.25, -0.2) is 0 Å². The number of halogens is 9. The Bertz CT molecular complexity index is 1190. The van der Waals surface area contributed by atoms with Crippen LogP contribution in [0.15, 0.2) is 46.4 Å². The summed E-state index contributed by atoms with van der Waals surface area (Å²) in [5, 5.41) is 4.89. The Kier molecular flexibility index (Phi) is 8.00. The molecule has 0 aliphatic carbocycles. The highest BCUT2D eigenvalue weighted by atomic mass is 35.5. The second-order valence-corrected chi connectivity index (χ2v) is 10.0. The number of amides is 1. The van der Waals surface area contributed by atoms with Crippen molar-refractivity contribution in [1.29, 1.82) is 0 Å². The Morgan fingerprint density at radius 1 is 1.06 bits per heavy atom. The average Bonchev–Trinajstić information content (AvgIpc) is 3.18. The Morgan fingerprint density at radius 3 is 2.23 bits per heavy atom. The molecular weight excluding hydrogens is 569 g/mol. The quantitative estimate of drug-likeness (QED) is 0.425. The summed E-state index contributed by atoms with van der Waals surface area (Å²) in [6, 6.07) is 6.98. The Hall–Kier alpha value is -2.02. The van der Waals surface area contributed by atoms with E-state index in [1.54, 1.807) is 5.32 Å². The van der Waals surface area contributed by atoms with Gasteiger partial charge < -0.3 is 10.2 Å². The third-order valence-corrected chi connectivity index (χ3v) is 7.01. The van der Waals surface area contributed by atoms with E-state index >= 15 is 0 Å². The Balaban J connectivity index is 1.81. The molecule has 0 saturated heterocycles. The van der Waals surface area contributed by atoms with Gasteiger partial charge in [0.05, 0.1) is 26.4 Å². The molecule has 1 heterocycles. The van der Waals surface area contributed by atoms with E-state index in [-0.39, 0.29) is 36.8 Å². The van der Waals surface area contributed by atoms with E-state index in [4.69, 9.17) is 39.6 Å². The first-order valence-corrected chi connectivity index (χ1v) is 11.9. The number of nitrogens with one attached hydrogen (secondary N) is 1. The molecule has 0 radical (unpaired) electrons. The number of rotatable bonds is 6. The van der Waals surface area contributed by atoms with Crippen LogP contribution in [0.4, 0.5) is 26.3 Å². The zero-order valence-electron chi connectivity index (χ0n) is 17.1. The molecule has 0 fully saturated rings. The zero-order chi connectivity index (χ0) is 26.2. The standard InChI is InChI=1S/C20H13Cl3F6N2O3S/c21-12-4-11(5-13(22)6-12)18(20(27,28)29)7-15(31-34-18)10-1-2-16(14(23)3-10)35(33)8-17(32)30-9-19(24,25)26/h1-6H,7-9H2,(H,30,32). The van der Waals surface area contributed by atoms with Gasteiger partial charge in [0, 0.05) is 27.6 Å². The highest BCUT2D eigenvalue weighted by molar-refractivity contribution is 7.85. The summed E-state index contributed by atoms with van der Waals surface area (Å²) in [6.07, 6.45) is -10.3. The number of hydrogen-bond acceptors (Lipinski definition) is 4. The van der Waals surface area contributed by atoms with Gasteiger partial charge >= 0.3 is 12.4 Å². The van der Waals surface area contributed by atoms with Crippen molar-refractivity contribution in [2.75, 3.05) is 12.3 Å². The third-order valence-electron chi connectivity index (χ3n) is 4.77. The minimum Gasteiger partial charge on any atom is -0.374 e. The normalized spacial score (nSPS) is 19.2. The summed E-state index contributed by atoms with van der Waals surface area (Å²) in [7, 11) is -2.12. The maximum absolute atomic E-state index is 14.1. The van der Waals surface area contributed by atoms with Gasteiger partial charge in [-0.1, -0.05) is 46.0 Å². The number of hydrogen-bond donors (Lipinski definition) is 1. The summed E-state index contributed by atoms with van der Waals surface area (Å²) in [4.78, 5) is 16.4. The lowest BCUT2D eigenvalue weighted by atomic mass is 9.86. The molecule has 190 valence electrons. The molecule has 1 amide bonds. The lowest BCUT2D eigenvalue weighted by molar-refractivity contribution is -0.275. The number of carbonyl (C=O) groups is 1. The third kappa shape index (κ3) is 6.41. The SMILES string of the molecule is O=C(CS(=O)c1ccc(C2=NOC(c3cc(Cl)cc(Cl)c3)(C(F)(F)F)C2)cc1Cl)NCC(F)(F)F. The zero-order valence-corrected chi connectivity index (χ0v) is 20.2. The van der Waals surface area contributed by atoms with E-state index in [1.807, 2.05) is 0 Å². The van der Waals surface area contributed by atoms with Crippen molar-refractivity contribution >= 4 is 57.2 Å². The molecule has 15 heteroatoms. The van der Waals surface area contributed by atoms with Gasteiger partial charge in [-0.15, -0.1) is 0 Å². The fourth-order valence-electron chi connectivity index (χ4n) is 3.16. The van der Waals surface area contributed by atoms with Gasteiger partial charge in [0.15, 0.2) is 0 Å². The summed E-state index contributed by atoms with van der Waals surface area (Å²) < 4.78 is 91.3. The van der Waals surface area contributed by atoms with Crippen LogP contribution in [-0.4, -0.2) is 40.5 Å². The molecule has 1 aliphatic rings. The van der Waals surface area contributed by atoms with Crippen molar-refractivity contribution in [1.82, 2.24) is 5.32 Å². The predicted molar refractivity (Wildman–Crippen MR) is 118 cm³/mol. The molecule has 2 aromatic carbocycles. The largest absolute Gasteiger partial charge is 0.435 e.